The van der Waals surface area contributed by atoms with Crippen molar-refractivity contribution in [2.24, 2.45) is 11.3 Å². The number of aliphatic hydroxyl groups is 1. The van der Waals surface area contributed by atoms with Crippen LogP contribution in [-0.4, -0.2) is 30.0 Å². The lowest BCUT2D eigenvalue weighted by Gasteiger charge is -2.21. The van der Waals surface area contributed by atoms with Crippen molar-refractivity contribution in [1.29, 1.82) is 0 Å². The summed E-state index contributed by atoms with van der Waals surface area (Å²) in [5.74, 6) is 0.583. The maximum Gasteiger partial charge on any atom is 0.226 e. The third-order valence-corrected chi connectivity index (χ3v) is 2.85. The van der Waals surface area contributed by atoms with Gasteiger partial charge < -0.3 is 10.4 Å². The molecule has 0 aromatic rings. The molecule has 0 saturated carbocycles. The molecule has 1 unspecified atom stereocenters. The van der Waals surface area contributed by atoms with Crippen LogP contribution in [0.25, 0.3) is 0 Å². The molecule has 14 heavy (non-hydrogen) atoms. The van der Waals surface area contributed by atoms with Gasteiger partial charge in [0.15, 0.2) is 0 Å². The summed E-state index contributed by atoms with van der Waals surface area (Å²) in [5.41, 5.74) is -0.513. The van der Waals surface area contributed by atoms with Crippen LogP contribution in [0, 0.1) is 11.3 Å². The SMILES string of the molecule is CC(CCO)CNC(=O)C(C)(C)CCl. The van der Waals surface area contributed by atoms with Crippen molar-refractivity contribution in [3.05, 3.63) is 0 Å². The first-order chi connectivity index (χ1) is 6.44. The molecule has 0 aliphatic rings. The molecule has 0 aromatic heterocycles. The highest BCUT2D eigenvalue weighted by Crippen LogP contribution is 2.16. The standard InChI is InChI=1S/C10H20ClNO2/c1-8(4-5-13)6-12-9(14)10(2,3)7-11/h8,13H,4-7H2,1-3H3,(H,12,14). The highest BCUT2D eigenvalue weighted by molar-refractivity contribution is 6.19. The molecule has 2 N–H and O–H groups in total. The van der Waals surface area contributed by atoms with Crippen molar-refractivity contribution in [2.45, 2.75) is 27.2 Å². The highest BCUT2D eigenvalue weighted by Gasteiger charge is 2.26. The number of nitrogens with one attached hydrogen (secondary N) is 1. The fraction of sp³-hybridized carbons (Fsp3) is 0.900. The monoisotopic (exact) mass is 221 g/mol. The van der Waals surface area contributed by atoms with E-state index in [0.29, 0.717) is 24.8 Å². The minimum absolute atomic E-state index is 0.0303. The van der Waals surface area contributed by atoms with Crippen molar-refractivity contribution >= 4 is 17.5 Å². The van der Waals surface area contributed by atoms with Gasteiger partial charge in [0.05, 0.1) is 5.41 Å². The van der Waals surface area contributed by atoms with Crippen molar-refractivity contribution in [1.82, 2.24) is 5.32 Å². The lowest BCUT2D eigenvalue weighted by Crippen LogP contribution is -2.40. The Morgan fingerprint density at radius 1 is 1.57 bits per heavy atom. The van der Waals surface area contributed by atoms with Gasteiger partial charge in [-0.05, 0) is 26.2 Å². The molecule has 0 aromatic carbocycles. The molecule has 0 aliphatic carbocycles. The van der Waals surface area contributed by atoms with E-state index in [1.165, 1.54) is 0 Å². The molecule has 3 nitrogen and oxygen atoms in total. The zero-order chi connectivity index (χ0) is 11.2. The predicted octanol–water partition coefficient (Wildman–Crippen LogP) is 1.39. The Labute approximate surface area is 90.8 Å². The van der Waals surface area contributed by atoms with E-state index >= 15 is 0 Å². The first-order valence-electron chi connectivity index (χ1n) is 4.89. The number of carbonyl (C=O) groups excluding carboxylic acids is 1. The quantitative estimate of drug-likeness (QED) is 0.666. The Bertz CT molecular complexity index is 183. The van der Waals surface area contributed by atoms with Crippen molar-refractivity contribution in [3.8, 4) is 0 Å². The van der Waals surface area contributed by atoms with E-state index in [4.69, 9.17) is 16.7 Å². The van der Waals surface area contributed by atoms with Crippen LogP contribution in [-0.2, 0) is 4.79 Å². The van der Waals surface area contributed by atoms with Crippen molar-refractivity contribution in [3.63, 3.8) is 0 Å². The number of hydrogen-bond acceptors (Lipinski definition) is 2. The zero-order valence-electron chi connectivity index (χ0n) is 9.14. The molecule has 4 heteroatoms. The number of halogens is 1. The van der Waals surface area contributed by atoms with Gasteiger partial charge >= 0.3 is 0 Å². The largest absolute Gasteiger partial charge is 0.396 e. The summed E-state index contributed by atoms with van der Waals surface area (Å²) < 4.78 is 0. The van der Waals surface area contributed by atoms with Crippen LogP contribution in [0.1, 0.15) is 27.2 Å². The average molecular weight is 222 g/mol. The summed E-state index contributed by atoms with van der Waals surface area (Å²) in [6.45, 7) is 6.37. The lowest BCUT2D eigenvalue weighted by atomic mass is 9.95. The molecule has 0 aliphatic heterocycles. The van der Waals surface area contributed by atoms with Gasteiger partial charge in [0.2, 0.25) is 5.91 Å². The van der Waals surface area contributed by atoms with Gasteiger partial charge in [0.25, 0.3) is 0 Å². The molecular formula is C10H20ClNO2. The Kier molecular flexibility index (Phi) is 6.12. The first-order valence-corrected chi connectivity index (χ1v) is 5.42. The first kappa shape index (κ1) is 13.7. The maximum absolute atomic E-state index is 11.5. The van der Waals surface area contributed by atoms with Crippen LogP contribution in [0.2, 0.25) is 0 Å². The van der Waals surface area contributed by atoms with Crippen LogP contribution in [0.4, 0.5) is 0 Å². The number of rotatable bonds is 6. The van der Waals surface area contributed by atoms with Crippen LogP contribution < -0.4 is 5.32 Å². The van der Waals surface area contributed by atoms with Gasteiger partial charge in [-0.3, -0.25) is 4.79 Å². The highest BCUT2D eigenvalue weighted by atomic mass is 35.5. The van der Waals surface area contributed by atoms with Gasteiger partial charge in [-0.15, -0.1) is 11.6 Å². The van der Waals surface area contributed by atoms with Crippen LogP contribution in [0.3, 0.4) is 0 Å². The van der Waals surface area contributed by atoms with E-state index in [1.807, 2.05) is 20.8 Å². The second-order valence-electron chi connectivity index (χ2n) is 4.34. The van der Waals surface area contributed by atoms with E-state index < -0.39 is 5.41 Å². The number of hydrogen-bond donors (Lipinski definition) is 2. The van der Waals surface area contributed by atoms with Gasteiger partial charge in [0, 0.05) is 19.0 Å². The van der Waals surface area contributed by atoms with Gasteiger partial charge in [-0.2, -0.15) is 0 Å². The molecule has 1 amide bonds. The normalized spacial score (nSPS) is 13.8. The summed E-state index contributed by atoms with van der Waals surface area (Å²) in [6, 6.07) is 0. The topological polar surface area (TPSA) is 49.3 Å². The molecule has 0 bridgehead atoms. The van der Waals surface area contributed by atoms with E-state index in [9.17, 15) is 4.79 Å². The van der Waals surface area contributed by atoms with E-state index in [0.717, 1.165) is 0 Å². The van der Waals surface area contributed by atoms with E-state index in [1.54, 1.807) is 0 Å². The molecule has 0 heterocycles. The van der Waals surface area contributed by atoms with E-state index in [-0.39, 0.29) is 12.5 Å². The number of amides is 1. The summed E-state index contributed by atoms with van der Waals surface area (Å²) in [6.07, 6.45) is 0.710. The van der Waals surface area contributed by atoms with Crippen molar-refractivity contribution < 1.29 is 9.90 Å². The minimum Gasteiger partial charge on any atom is -0.396 e. The zero-order valence-corrected chi connectivity index (χ0v) is 9.90. The van der Waals surface area contributed by atoms with Gasteiger partial charge in [-0.25, -0.2) is 0 Å². The van der Waals surface area contributed by atoms with Crippen LogP contribution in [0.5, 0.6) is 0 Å². The summed E-state index contributed by atoms with van der Waals surface area (Å²) >= 11 is 5.66. The Morgan fingerprint density at radius 3 is 2.57 bits per heavy atom. The fourth-order valence-electron chi connectivity index (χ4n) is 0.889. The molecular weight excluding hydrogens is 202 g/mol. The Hall–Kier alpha value is -0.280. The smallest absolute Gasteiger partial charge is 0.226 e. The molecule has 0 fully saturated rings. The molecule has 0 saturated heterocycles. The summed E-state index contributed by atoms with van der Waals surface area (Å²) in [7, 11) is 0. The molecule has 0 radical (unpaired) electrons. The Morgan fingerprint density at radius 2 is 2.14 bits per heavy atom. The second-order valence-corrected chi connectivity index (χ2v) is 4.61. The third kappa shape index (κ3) is 4.82. The van der Waals surface area contributed by atoms with Gasteiger partial charge in [-0.1, -0.05) is 6.92 Å². The third-order valence-electron chi connectivity index (χ3n) is 2.18. The number of aliphatic hydroxyl groups excluding tert-OH is 1. The lowest BCUT2D eigenvalue weighted by molar-refractivity contribution is -0.128. The predicted molar refractivity (Wildman–Crippen MR) is 58.4 cm³/mol. The summed E-state index contributed by atoms with van der Waals surface area (Å²) in [5, 5.41) is 11.5. The molecule has 0 rings (SSSR count). The van der Waals surface area contributed by atoms with E-state index in [2.05, 4.69) is 5.32 Å². The van der Waals surface area contributed by atoms with Crippen LogP contribution in [0.15, 0.2) is 0 Å². The molecule has 1 atom stereocenters. The number of carbonyl (C=O) groups is 1. The minimum atomic E-state index is -0.513. The van der Waals surface area contributed by atoms with Gasteiger partial charge in [0.1, 0.15) is 0 Å². The molecule has 84 valence electrons. The fourth-order valence-corrected chi connectivity index (χ4v) is 1.01. The molecule has 0 spiro atoms. The van der Waals surface area contributed by atoms with Crippen molar-refractivity contribution in [2.75, 3.05) is 19.0 Å². The van der Waals surface area contributed by atoms with Crippen LogP contribution >= 0.6 is 11.6 Å². The number of alkyl halides is 1. The maximum atomic E-state index is 11.5. The Balaban J connectivity index is 3.85. The summed E-state index contributed by atoms with van der Waals surface area (Å²) in [4.78, 5) is 11.5. The second kappa shape index (κ2) is 6.25. The average Bonchev–Trinajstić information content (AvgIpc) is 2.14.